The molecule has 2 aromatic heterocycles. The first-order valence-electron chi connectivity index (χ1n) is 17.9. The molecule has 2 N–H and O–H groups in total. The summed E-state index contributed by atoms with van der Waals surface area (Å²) in [6.07, 6.45) is 8.21. The van der Waals surface area contributed by atoms with Gasteiger partial charge in [0, 0.05) is 30.3 Å². The van der Waals surface area contributed by atoms with Gasteiger partial charge in [-0.3, -0.25) is 0 Å². The Kier molecular flexibility index (Phi) is 9.87. The summed E-state index contributed by atoms with van der Waals surface area (Å²) in [5.74, 6) is 0.415. The van der Waals surface area contributed by atoms with Gasteiger partial charge in [-0.1, -0.05) is 146 Å². The van der Waals surface area contributed by atoms with Gasteiger partial charge in [0.1, 0.15) is 22.5 Å². The first-order valence-corrected chi connectivity index (χ1v) is 17.9. The van der Waals surface area contributed by atoms with Crippen LogP contribution in [0.2, 0.25) is 0 Å². The van der Waals surface area contributed by atoms with Crippen molar-refractivity contribution in [3.8, 4) is 11.5 Å². The Morgan fingerprint density at radius 2 is 0.691 bits per heavy atom. The molecule has 0 fully saturated rings. The first kappa shape index (κ1) is 35.4. The molecule has 0 aliphatic carbocycles. The molecule has 0 saturated carbocycles. The van der Waals surface area contributed by atoms with Crippen LogP contribution in [0.25, 0.3) is 89.2 Å². The maximum atomic E-state index is 10.1. The third-order valence-corrected chi connectivity index (χ3v) is 9.91. The van der Waals surface area contributed by atoms with Crippen molar-refractivity contribution in [2.24, 2.45) is 0 Å². The minimum Gasteiger partial charge on any atom is -0.506 e. The summed E-state index contributed by atoms with van der Waals surface area (Å²) >= 11 is 0. The van der Waals surface area contributed by atoms with Gasteiger partial charge in [-0.2, -0.15) is 0 Å². The molecular formula is C50H34N2O2Zn. The normalized spacial score (nSPS) is 11.5. The molecule has 10 aromatic rings. The Labute approximate surface area is 331 Å². The fourth-order valence-electron chi connectivity index (χ4n) is 7.27. The second-order valence-corrected chi connectivity index (χ2v) is 13.3. The Bertz CT molecular complexity index is 2890. The predicted octanol–water partition coefficient (Wildman–Crippen LogP) is 12.8. The average Bonchev–Trinajstić information content (AvgIpc) is 3.22. The summed E-state index contributed by atoms with van der Waals surface area (Å²) in [5.41, 5.74) is 5.21. The van der Waals surface area contributed by atoms with E-state index >= 15 is 0 Å². The number of aromatic hydroxyl groups is 2. The van der Waals surface area contributed by atoms with Gasteiger partial charge >= 0.3 is 0 Å². The molecule has 8 aromatic carbocycles. The summed E-state index contributed by atoms with van der Waals surface area (Å²) in [7, 11) is 0. The van der Waals surface area contributed by atoms with Crippen LogP contribution < -0.4 is 0 Å². The van der Waals surface area contributed by atoms with Crippen LogP contribution >= 0.6 is 0 Å². The fourth-order valence-corrected chi connectivity index (χ4v) is 7.27. The van der Waals surface area contributed by atoms with Crippen molar-refractivity contribution in [1.82, 2.24) is 9.97 Å². The molecule has 258 valence electrons. The molecule has 0 unspecified atom stereocenters. The monoisotopic (exact) mass is 758 g/mol. The molecular weight excluding hydrogens is 726 g/mol. The maximum absolute atomic E-state index is 10.1. The minimum atomic E-state index is 0. The molecule has 4 nitrogen and oxygen atoms in total. The quantitative estimate of drug-likeness (QED) is 0.138. The van der Waals surface area contributed by atoms with Crippen molar-refractivity contribution in [3.05, 3.63) is 192 Å². The molecule has 0 saturated heterocycles. The van der Waals surface area contributed by atoms with E-state index in [-0.39, 0.29) is 31.0 Å². The van der Waals surface area contributed by atoms with E-state index < -0.39 is 0 Å². The number of para-hydroxylation sites is 2. The molecule has 10 rings (SSSR count). The van der Waals surface area contributed by atoms with Crippen LogP contribution in [-0.2, 0) is 19.5 Å². The number of fused-ring (bicyclic) bond motifs is 8. The van der Waals surface area contributed by atoms with E-state index in [4.69, 9.17) is 0 Å². The van der Waals surface area contributed by atoms with E-state index in [1.54, 1.807) is 12.1 Å². The summed E-state index contributed by atoms with van der Waals surface area (Å²) < 4.78 is 0. The third kappa shape index (κ3) is 7.06. The van der Waals surface area contributed by atoms with E-state index in [9.17, 15) is 10.2 Å². The number of benzene rings is 8. The predicted molar refractivity (Wildman–Crippen MR) is 228 cm³/mol. The van der Waals surface area contributed by atoms with Gasteiger partial charge in [-0.05, 0) is 103 Å². The number of phenols is 2. The van der Waals surface area contributed by atoms with Gasteiger partial charge in [0.15, 0.2) is 0 Å². The number of phenolic OH excluding ortho intramolecular Hbond substituents is 2. The van der Waals surface area contributed by atoms with Crippen LogP contribution in [0.1, 0.15) is 22.5 Å². The maximum Gasteiger partial charge on any atom is 0.141 e. The van der Waals surface area contributed by atoms with Gasteiger partial charge in [0.05, 0.1) is 11.4 Å². The van der Waals surface area contributed by atoms with E-state index in [0.717, 1.165) is 33.3 Å². The van der Waals surface area contributed by atoms with Gasteiger partial charge in [-0.25, -0.2) is 9.97 Å². The molecule has 0 atom stereocenters. The molecule has 2 heterocycles. The van der Waals surface area contributed by atoms with Gasteiger partial charge in [-0.15, -0.1) is 0 Å². The van der Waals surface area contributed by atoms with Crippen molar-refractivity contribution in [2.75, 3.05) is 0 Å². The zero-order valence-electron chi connectivity index (χ0n) is 30.0. The minimum absolute atomic E-state index is 0. The van der Waals surface area contributed by atoms with Crippen LogP contribution in [0.3, 0.4) is 0 Å². The van der Waals surface area contributed by atoms with Crippen LogP contribution in [0.15, 0.2) is 170 Å². The van der Waals surface area contributed by atoms with Crippen LogP contribution in [0.5, 0.6) is 11.5 Å². The average molecular weight is 760 g/mol. The topological polar surface area (TPSA) is 66.2 Å². The van der Waals surface area contributed by atoms with E-state index in [0.29, 0.717) is 11.0 Å². The molecule has 0 radical (unpaired) electrons. The molecule has 55 heavy (non-hydrogen) atoms. The molecule has 0 amide bonds. The van der Waals surface area contributed by atoms with Crippen molar-refractivity contribution in [3.63, 3.8) is 0 Å². The molecule has 0 spiro atoms. The summed E-state index contributed by atoms with van der Waals surface area (Å²) in [6.45, 7) is 0. The van der Waals surface area contributed by atoms with Crippen molar-refractivity contribution < 1.29 is 29.7 Å². The Hall–Kier alpha value is -6.68. The number of aromatic nitrogens is 2. The van der Waals surface area contributed by atoms with E-state index in [1.807, 2.05) is 60.7 Å². The number of rotatable bonds is 4. The van der Waals surface area contributed by atoms with Gasteiger partial charge in [0.25, 0.3) is 0 Å². The van der Waals surface area contributed by atoms with E-state index in [1.165, 1.54) is 43.1 Å². The van der Waals surface area contributed by atoms with Crippen molar-refractivity contribution in [2.45, 2.75) is 0 Å². The van der Waals surface area contributed by atoms with Crippen molar-refractivity contribution in [1.29, 1.82) is 0 Å². The van der Waals surface area contributed by atoms with Crippen molar-refractivity contribution >= 4 is 89.2 Å². The molecule has 5 heteroatoms. The Balaban J connectivity index is 0.000000153. The number of nitrogens with zero attached hydrogens (tertiary/aromatic N) is 2. The Morgan fingerprint density at radius 3 is 1.13 bits per heavy atom. The smallest absolute Gasteiger partial charge is 0.141 e. The summed E-state index contributed by atoms with van der Waals surface area (Å²) in [6, 6.07) is 57.1. The molecule has 0 aliphatic rings. The molecule has 0 aliphatic heterocycles. The summed E-state index contributed by atoms with van der Waals surface area (Å²) in [5, 5.41) is 31.9. The SMILES string of the molecule is Oc1cccc2ccc(/C=C/c3cc4ccccc4c4ccccc34)nc12.Oc1cccc2ccc(/C=C/c3cc4ccccc4c4ccccc34)nc12.[Zn]. The van der Waals surface area contributed by atoms with Crippen LogP contribution in [0, 0.1) is 0 Å². The number of pyridine rings is 2. The van der Waals surface area contributed by atoms with Crippen LogP contribution in [0.4, 0.5) is 0 Å². The second kappa shape index (κ2) is 15.4. The summed E-state index contributed by atoms with van der Waals surface area (Å²) in [4.78, 5) is 9.19. The Morgan fingerprint density at radius 1 is 0.327 bits per heavy atom. The molecule has 0 bridgehead atoms. The third-order valence-electron chi connectivity index (χ3n) is 9.91. The van der Waals surface area contributed by atoms with Gasteiger partial charge in [0.2, 0.25) is 0 Å². The second-order valence-electron chi connectivity index (χ2n) is 13.3. The van der Waals surface area contributed by atoms with E-state index in [2.05, 4.69) is 131 Å². The fraction of sp³-hybridized carbons (Fsp3) is 0. The number of hydrogen-bond donors (Lipinski definition) is 2. The van der Waals surface area contributed by atoms with Gasteiger partial charge < -0.3 is 10.2 Å². The largest absolute Gasteiger partial charge is 0.506 e. The first-order chi connectivity index (χ1) is 26.6. The number of hydrogen-bond acceptors (Lipinski definition) is 4. The standard InChI is InChI=1S/2C25H17NO.Zn/c2*27-24-11-5-7-17-12-14-20(26-25(17)24)15-13-19-16-18-6-1-2-8-21(18)23-10-4-3-9-22(19)23;/h2*1-16,27H;/b2*15-13+;. The van der Waals surface area contributed by atoms with Crippen LogP contribution in [-0.4, -0.2) is 20.2 Å². The zero-order chi connectivity index (χ0) is 36.4. The zero-order valence-corrected chi connectivity index (χ0v) is 32.9.